The highest BCUT2D eigenvalue weighted by atomic mass is 79.9. The molecule has 0 radical (unpaired) electrons. The molecule has 0 aliphatic heterocycles. The molecule has 0 bridgehead atoms. The molecule has 1 nitrogen and oxygen atoms in total. The number of hydrogen-bond acceptors (Lipinski definition) is 1. The fraction of sp³-hybridized carbons (Fsp3) is 0.250. The van der Waals surface area contributed by atoms with Gasteiger partial charge in [0.15, 0.2) is 0 Å². The number of nitrogens with one attached hydrogen (secondary N) is 1. The third-order valence-corrected chi connectivity index (χ3v) is 3.70. The second-order valence-electron chi connectivity index (χ2n) is 4.63. The molecule has 106 valence electrons. The Hall–Kier alpha value is -1.26. The zero-order chi connectivity index (χ0) is 14.5. The van der Waals surface area contributed by atoms with E-state index < -0.39 is 5.82 Å². The highest BCUT2D eigenvalue weighted by molar-refractivity contribution is 9.10. The Morgan fingerprint density at radius 2 is 1.95 bits per heavy atom. The van der Waals surface area contributed by atoms with Crippen LogP contribution in [-0.4, -0.2) is 0 Å². The molecule has 0 amide bonds. The molecule has 0 aliphatic carbocycles. The third-order valence-electron chi connectivity index (χ3n) is 3.21. The van der Waals surface area contributed by atoms with Crippen LogP contribution < -0.4 is 5.32 Å². The summed E-state index contributed by atoms with van der Waals surface area (Å²) in [6.07, 6.45) is 0.868. The molecule has 0 aliphatic rings. The van der Waals surface area contributed by atoms with Crippen molar-refractivity contribution in [2.75, 3.05) is 0 Å². The van der Waals surface area contributed by atoms with E-state index >= 15 is 0 Å². The van der Waals surface area contributed by atoms with Gasteiger partial charge in [-0.3, -0.25) is 0 Å². The molecular formula is C16H16BrF2N. The summed E-state index contributed by atoms with van der Waals surface area (Å²) in [7, 11) is 0. The predicted octanol–water partition coefficient (Wildman–Crippen LogP) is 4.97. The Kier molecular flexibility index (Phi) is 5.26. The van der Waals surface area contributed by atoms with Crippen LogP contribution in [0.2, 0.25) is 0 Å². The van der Waals surface area contributed by atoms with E-state index in [-0.39, 0.29) is 11.9 Å². The summed E-state index contributed by atoms with van der Waals surface area (Å²) in [6, 6.07) is 11.6. The van der Waals surface area contributed by atoms with E-state index in [1.54, 1.807) is 0 Å². The first-order valence-corrected chi connectivity index (χ1v) is 7.32. The summed E-state index contributed by atoms with van der Waals surface area (Å²) in [6.45, 7) is 2.36. The topological polar surface area (TPSA) is 12.0 Å². The maximum Gasteiger partial charge on any atom is 0.127 e. The smallest absolute Gasteiger partial charge is 0.127 e. The quantitative estimate of drug-likeness (QED) is 0.810. The van der Waals surface area contributed by atoms with Crippen molar-refractivity contribution in [1.29, 1.82) is 0 Å². The van der Waals surface area contributed by atoms with Gasteiger partial charge in [0.1, 0.15) is 11.6 Å². The minimum absolute atomic E-state index is 0.107. The fourth-order valence-corrected chi connectivity index (χ4v) is 2.55. The molecule has 1 atom stereocenters. The van der Waals surface area contributed by atoms with E-state index in [0.29, 0.717) is 12.1 Å². The van der Waals surface area contributed by atoms with Crippen LogP contribution in [0.25, 0.3) is 0 Å². The first-order valence-electron chi connectivity index (χ1n) is 6.53. The Morgan fingerprint density at radius 3 is 2.65 bits per heavy atom. The zero-order valence-corrected chi connectivity index (χ0v) is 12.8. The summed E-state index contributed by atoms with van der Waals surface area (Å²) >= 11 is 3.44. The van der Waals surface area contributed by atoms with Crippen LogP contribution in [-0.2, 0) is 6.54 Å². The van der Waals surface area contributed by atoms with Crippen molar-refractivity contribution in [2.24, 2.45) is 0 Å². The number of halogens is 3. The fourth-order valence-electron chi connectivity index (χ4n) is 2.13. The largest absolute Gasteiger partial charge is 0.306 e. The zero-order valence-electron chi connectivity index (χ0n) is 11.2. The van der Waals surface area contributed by atoms with E-state index in [1.165, 1.54) is 6.07 Å². The average Bonchev–Trinajstić information content (AvgIpc) is 2.43. The first-order chi connectivity index (χ1) is 9.60. The second kappa shape index (κ2) is 6.95. The lowest BCUT2D eigenvalue weighted by Gasteiger charge is -2.18. The molecular weight excluding hydrogens is 324 g/mol. The van der Waals surface area contributed by atoms with Crippen LogP contribution in [0.4, 0.5) is 8.78 Å². The molecule has 2 aromatic rings. The van der Waals surface area contributed by atoms with E-state index in [9.17, 15) is 8.78 Å². The van der Waals surface area contributed by atoms with Crippen molar-refractivity contribution < 1.29 is 8.78 Å². The maximum atomic E-state index is 13.6. The van der Waals surface area contributed by atoms with Gasteiger partial charge < -0.3 is 5.32 Å². The highest BCUT2D eigenvalue weighted by Crippen LogP contribution is 2.21. The molecule has 2 aromatic carbocycles. The Bertz CT molecular complexity index is 586. The van der Waals surface area contributed by atoms with Gasteiger partial charge in [-0.25, -0.2) is 8.78 Å². The van der Waals surface area contributed by atoms with Gasteiger partial charge in [0.25, 0.3) is 0 Å². The maximum absolute atomic E-state index is 13.6. The number of benzene rings is 2. The Morgan fingerprint density at radius 1 is 1.15 bits per heavy atom. The van der Waals surface area contributed by atoms with E-state index in [0.717, 1.165) is 28.6 Å². The predicted molar refractivity (Wildman–Crippen MR) is 80.4 cm³/mol. The summed E-state index contributed by atoms with van der Waals surface area (Å²) < 4.78 is 27.7. The number of rotatable bonds is 5. The average molecular weight is 340 g/mol. The monoisotopic (exact) mass is 339 g/mol. The van der Waals surface area contributed by atoms with E-state index in [4.69, 9.17) is 0 Å². The molecule has 0 fully saturated rings. The number of hydrogen-bond donors (Lipinski definition) is 1. The third kappa shape index (κ3) is 3.87. The van der Waals surface area contributed by atoms with Gasteiger partial charge in [0.2, 0.25) is 0 Å². The summed E-state index contributed by atoms with van der Waals surface area (Å²) in [5.74, 6) is -0.804. The van der Waals surface area contributed by atoms with Crippen LogP contribution in [0.1, 0.15) is 30.5 Å². The van der Waals surface area contributed by atoms with Gasteiger partial charge in [-0.15, -0.1) is 0 Å². The van der Waals surface area contributed by atoms with Gasteiger partial charge in [0.05, 0.1) is 0 Å². The lowest BCUT2D eigenvalue weighted by Crippen LogP contribution is -2.21. The lowest BCUT2D eigenvalue weighted by atomic mass is 10.0. The minimum Gasteiger partial charge on any atom is -0.306 e. The molecule has 1 N–H and O–H groups in total. The van der Waals surface area contributed by atoms with Crippen molar-refractivity contribution in [2.45, 2.75) is 25.9 Å². The van der Waals surface area contributed by atoms with Gasteiger partial charge in [-0.2, -0.15) is 0 Å². The van der Waals surface area contributed by atoms with E-state index in [2.05, 4.69) is 28.2 Å². The van der Waals surface area contributed by atoms with Crippen molar-refractivity contribution in [3.05, 3.63) is 69.7 Å². The van der Waals surface area contributed by atoms with Crippen molar-refractivity contribution in [3.8, 4) is 0 Å². The molecule has 0 saturated heterocycles. The normalized spacial score (nSPS) is 12.4. The SMILES string of the molecule is CCC(NCc1cc(F)ccc1F)c1cccc(Br)c1. The Labute approximate surface area is 126 Å². The summed E-state index contributed by atoms with van der Waals surface area (Å²) in [5.41, 5.74) is 1.47. The molecule has 2 rings (SSSR count). The summed E-state index contributed by atoms with van der Waals surface area (Å²) in [5, 5.41) is 3.27. The van der Waals surface area contributed by atoms with Crippen molar-refractivity contribution in [1.82, 2.24) is 5.32 Å². The molecule has 1 unspecified atom stereocenters. The van der Waals surface area contributed by atoms with Crippen LogP contribution in [0, 0.1) is 11.6 Å². The molecule has 20 heavy (non-hydrogen) atoms. The van der Waals surface area contributed by atoms with Gasteiger partial charge in [-0.1, -0.05) is 35.0 Å². The van der Waals surface area contributed by atoms with Crippen LogP contribution in [0.15, 0.2) is 46.9 Å². The molecule has 0 heterocycles. The van der Waals surface area contributed by atoms with Crippen molar-refractivity contribution in [3.63, 3.8) is 0 Å². The standard InChI is InChI=1S/C16H16BrF2N/c1-2-16(11-4-3-5-13(17)8-11)20-10-12-9-14(18)6-7-15(12)19/h3-9,16,20H,2,10H2,1H3. The minimum atomic E-state index is -0.418. The van der Waals surface area contributed by atoms with E-state index in [1.807, 2.05) is 24.3 Å². The molecule has 0 spiro atoms. The molecule has 0 aromatic heterocycles. The summed E-state index contributed by atoms with van der Waals surface area (Å²) in [4.78, 5) is 0. The lowest BCUT2D eigenvalue weighted by molar-refractivity contribution is 0.500. The van der Waals surface area contributed by atoms with Crippen molar-refractivity contribution >= 4 is 15.9 Å². The van der Waals surface area contributed by atoms with Gasteiger partial charge in [-0.05, 0) is 42.3 Å². The second-order valence-corrected chi connectivity index (χ2v) is 5.55. The first kappa shape index (κ1) is 15.1. The van der Waals surface area contributed by atoms with Gasteiger partial charge in [0, 0.05) is 22.6 Å². The highest BCUT2D eigenvalue weighted by Gasteiger charge is 2.11. The van der Waals surface area contributed by atoms with Crippen LogP contribution in [0.3, 0.4) is 0 Å². The van der Waals surface area contributed by atoms with Crippen LogP contribution in [0.5, 0.6) is 0 Å². The van der Waals surface area contributed by atoms with Crippen LogP contribution >= 0.6 is 15.9 Å². The Balaban J connectivity index is 2.09. The molecule has 4 heteroatoms. The molecule has 0 saturated carbocycles. The van der Waals surface area contributed by atoms with Gasteiger partial charge >= 0.3 is 0 Å².